The first kappa shape index (κ1) is 14.4. The van der Waals surface area contributed by atoms with E-state index in [9.17, 15) is 17.2 Å². The number of hydrogen-bond acceptors (Lipinski definition) is 4. The monoisotopic (exact) mass is 299 g/mol. The van der Waals surface area contributed by atoms with E-state index in [4.69, 9.17) is 5.73 Å². The Balaban J connectivity index is 2.35. The van der Waals surface area contributed by atoms with Crippen molar-refractivity contribution < 1.29 is 17.2 Å². The molecular formula is C12H11F2N3O2S. The van der Waals surface area contributed by atoms with Crippen LogP contribution in [-0.4, -0.2) is 13.4 Å². The quantitative estimate of drug-likeness (QED) is 0.898. The number of hydrogen-bond donors (Lipinski definition) is 2. The average molecular weight is 299 g/mol. The zero-order chi connectivity index (χ0) is 14.8. The van der Waals surface area contributed by atoms with E-state index in [2.05, 4.69) is 4.98 Å². The molecule has 1 heterocycles. The first-order chi connectivity index (χ1) is 9.44. The van der Waals surface area contributed by atoms with E-state index in [1.807, 2.05) is 4.72 Å². The zero-order valence-electron chi connectivity index (χ0n) is 10.2. The first-order valence-electron chi connectivity index (χ1n) is 5.56. The predicted octanol–water partition coefficient (Wildman–Crippen LogP) is 1.62. The van der Waals surface area contributed by atoms with Crippen molar-refractivity contribution in [3.05, 3.63) is 53.9 Å². The van der Waals surface area contributed by atoms with Crippen molar-refractivity contribution in [2.24, 2.45) is 5.73 Å². The van der Waals surface area contributed by atoms with Crippen molar-refractivity contribution >= 4 is 15.7 Å². The third-order valence-electron chi connectivity index (χ3n) is 2.52. The van der Waals surface area contributed by atoms with Gasteiger partial charge in [-0.15, -0.1) is 0 Å². The van der Waals surface area contributed by atoms with Gasteiger partial charge in [-0.3, -0.25) is 9.71 Å². The Bertz CT molecular complexity index is 698. The van der Waals surface area contributed by atoms with Crippen LogP contribution in [0.2, 0.25) is 0 Å². The van der Waals surface area contributed by atoms with Crippen molar-refractivity contribution in [2.45, 2.75) is 11.4 Å². The Morgan fingerprint density at radius 3 is 2.30 bits per heavy atom. The lowest BCUT2D eigenvalue weighted by Crippen LogP contribution is -2.15. The Morgan fingerprint density at radius 1 is 1.15 bits per heavy atom. The second-order valence-electron chi connectivity index (χ2n) is 3.89. The molecule has 0 aliphatic rings. The van der Waals surface area contributed by atoms with Crippen molar-refractivity contribution in [3.63, 3.8) is 0 Å². The lowest BCUT2D eigenvalue weighted by atomic mass is 10.3. The Hall–Kier alpha value is -2.06. The van der Waals surface area contributed by atoms with E-state index in [0.29, 0.717) is 5.69 Å². The summed E-state index contributed by atoms with van der Waals surface area (Å²) in [5, 5.41) is 0. The number of anilines is 1. The van der Waals surface area contributed by atoms with Gasteiger partial charge in [0.15, 0.2) is 0 Å². The lowest BCUT2D eigenvalue weighted by molar-refractivity contribution is 0.582. The van der Waals surface area contributed by atoms with Crippen molar-refractivity contribution in [1.82, 2.24) is 4.98 Å². The molecule has 0 radical (unpaired) electrons. The summed E-state index contributed by atoms with van der Waals surface area (Å²) in [7, 11) is -4.12. The molecule has 20 heavy (non-hydrogen) atoms. The molecule has 3 N–H and O–H groups in total. The molecule has 0 saturated carbocycles. The number of nitrogens with one attached hydrogen (secondary N) is 1. The maximum Gasteiger partial charge on any atom is 0.263 e. The molecule has 0 atom stereocenters. The molecule has 0 aliphatic heterocycles. The minimum atomic E-state index is -4.12. The van der Waals surface area contributed by atoms with Crippen molar-refractivity contribution in [1.29, 1.82) is 0 Å². The molecule has 0 bridgehead atoms. The van der Waals surface area contributed by atoms with Crippen LogP contribution >= 0.6 is 0 Å². The number of nitrogens with two attached hydrogens (primary N) is 1. The molecule has 0 spiro atoms. The van der Waals surface area contributed by atoms with Gasteiger partial charge in [-0.1, -0.05) is 6.07 Å². The van der Waals surface area contributed by atoms with Gasteiger partial charge in [0, 0.05) is 12.7 Å². The number of pyridine rings is 1. The van der Waals surface area contributed by atoms with Crippen LogP contribution in [0.3, 0.4) is 0 Å². The van der Waals surface area contributed by atoms with Gasteiger partial charge < -0.3 is 5.73 Å². The Kier molecular flexibility index (Phi) is 3.96. The predicted molar refractivity (Wildman–Crippen MR) is 69.3 cm³/mol. The van der Waals surface area contributed by atoms with E-state index in [-0.39, 0.29) is 11.4 Å². The second kappa shape index (κ2) is 5.51. The first-order valence-corrected chi connectivity index (χ1v) is 7.04. The van der Waals surface area contributed by atoms with Crippen LogP contribution in [0.4, 0.5) is 14.5 Å². The fourth-order valence-corrected chi connectivity index (χ4v) is 2.50. The zero-order valence-corrected chi connectivity index (χ0v) is 11.0. The summed E-state index contributed by atoms with van der Waals surface area (Å²) < 4.78 is 52.7. The van der Waals surface area contributed by atoms with Crippen molar-refractivity contribution in [3.8, 4) is 0 Å². The highest BCUT2D eigenvalue weighted by Gasteiger charge is 2.19. The van der Waals surface area contributed by atoms with Crippen LogP contribution in [0.5, 0.6) is 0 Å². The number of benzene rings is 1. The SMILES string of the molecule is NCc1ccc(S(=O)(=O)Nc2c(F)cccc2F)cn1. The maximum absolute atomic E-state index is 13.4. The minimum absolute atomic E-state index is 0.162. The fourth-order valence-electron chi connectivity index (χ4n) is 1.48. The third kappa shape index (κ3) is 2.91. The summed E-state index contributed by atoms with van der Waals surface area (Å²) in [5.41, 5.74) is 5.12. The summed E-state index contributed by atoms with van der Waals surface area (Å²) in [6.07, 6.45) is 1.07. The maximum atomic E-state index is 13.4. The molecule has 1 aromatic heterocycles. The lowest BCUT2D eigenvalue weighted by Gasteiger charge is -2.09. The number of rotatable bonds is 4. The van der Waals surface area contributed by atoms with Gasteiger partial charge in [-0.25, -0.2) is 17.2 Å². The topological polar surface area (TPSA) is 85.1 Å². The average Bonchev–Trinajstić information content (AvgIpc) is 2.43. The number of para-hydroxylation sites is 1. The van der Waals surface area contributed by atoms with Crippen LogP contribution in [0.25, 0.3) is 0 Å². The molecule has 2 aromatic rings. The molecule has 0 unspecified atom stereocenters. The fraction of sp³-hybridized carbons (Fsp3) is 0.0833. The van der Waals surface area contributed by atoms with E-state index >= 15 is 0 Å². The van der Waals surface area contributed by atoms with Crippen LogP contribution in [-0.2, 0) is 16.6 Å². The van der Waals surface area contributed by atoms with E-state index in [1.165, 1.54) is 12.1 Å². The highest BCUT2D eigenvalue weighted by Crippen LogP contribution is 2.21. The molecule has 1 aromatic carbocycles. The van der Waals surface area contributed by atoms with Gasteiger partial charge in [0.05, 0.1) is 5.69 Å². The molecule has 0 fully saturated rings. The number of nitrogens with zero attached hydrogens (tertiary/aromatic N) is 1. The highest BCUT2D eigenvalue weighted by molar-refractivity contribution is 7.92. The number of aromatic nitrogens is 1. The number of halogens is 2. The van der Waals surface area contributed by atoms with E-state index in [0.717, 1.165) is 24.4 Å². The molecule has 106 valence electrons. The molecule has 0 amide bonds. The Morgan fingerprint density at radius 2 is 1.80 bits per heavy atom. The summed E-state index contributed by atoms with van der Waals surface area (Å²) in [6, 6.07) is 5.73. The summed E-state index contributed by atoms with van der Waals surface area (Å²) >= 11 is 0. The number of sulfonamides is 1. The molecule has 5 nitrogen and oxygen atoms in total. The van der Waals surface area contributed by atoms with E-state index < -0.39 is 27.3 Å². The van der Waals surface area contributed by atoms with Gasteiger partial charge in [0.2, 0.25) is 0 Å². The van der Waals surface area contributed by atoms with Crippen LogP contribution in [0, 0.1) is 11.6 Å². The van der Waals surface area contributed by atoms with Gasteiger partial charge >= 0.3 is 0 Å². The van der Waals surface area contributed by atoms with Crippen LogP contribution in [0.1, 0.15) is 5.69 Å². The smallest absolute Gasteiger partial charge is 0.263 e. The Labute approximate surface area is 114 Å². The van der Waals surface area contributed by atoms with Gasteiger partial charge in [0.25, 0.3) is 10.0 Å². The standard InChI is InChI=1S/C12H11F2N3O2S/c13-10-2-1-3-11(14)12(10)17-20(18,19)9-5-4-8(6-15)16-7-9/h1-5,7,17H,6,15H2. The van der Waals surface area contributed by atoms with E-state index in [1.54, 1.807) is 0 Å². The summed E-state index contributed by atoms with van der Waals surface area (Å²) in [5.74, 6) is -2.00. The summed E-state index contributed by atoms with van der Waals surface area (Å²) in [6.45, 7) is 0.162. The highest BCUT2D eigenvalue weighted by atomic mass is 32.2. The van der Waals surface area contributed by atoms with Gasteiger partial charge in [-0.2, -0.15) is 0 Å². The second-order valence-corrected chi connectivity index (χ2v) is 5.57. The molecule has 8 heteroatoms. The summed E-state index contributed by atoms with van der Waals surface area (Å²) in [4.78, 5) is 3.61. The molecule has 2 rings (SSSR count). The molecule has 0 aliphatic carbocycles. The van der Waals surface area contributed by atoms with Crippen LogP contribution in [0.15, 0.2) is 41.4 Å². The normalized spacial score (nSPS) is 11.3. The third-order valence-corrected chi connectivity index (χ3v) is 3.85. The van der Waals surface area contributed by atoms with Crippen LogP contribution < -0.4 is 10.5 Å². The largest absolute Gasteiger partial charge is 0.325 e. The molecular weight excluding hydrogens is 288 g/mol. The minimum Gasteiger partial charge on any atom is -0.325 e. The van der Waals surface area contributed by atoms with Crippen molar-refractivity contribution in [2.75, 3.05) is 4.72 Å². The molecule has 0 saturated heterocycles. The van der Waals surface area contributed by atoms with Gasteiger partial charge in [-0.05, 0) is 24.3 Å². The van der Waals surface area contributed by atoms with Gasteiger partial charge in [0.1, 0.15) is 22.2 Å².